The maximum atomic E-state index is 9.46. The van der Waals surface area contributed by atoms with Crippen molar-refractivity contribution in [3.63, 3.8) is 0 Å². The van der Waals surface area contributed by atoms with Crippen LogP contribution >= 0.6 is 0 Å². The van der Waals surface area contributed by atoms with Crippen LogP contribution < -0.4 is 5.43 Å². The van der Waals surface area contributed by atoms with Crippen LogP contribution in [0.4, 0.5) is 0 Å². The van der Waals surface area contributed by atoms with Gasteiger partial charge in [-0.3, -0.25) is 0 Å². The van der Waals surface area contributed by atoms with Crippen molar-refractivity contribution in [2.75, 3.05) is 0 Å². The number of aliphatic hydroxyl groups is 3. The number of hydrazine groups is 1. The summed E-state index contributed by atoms with van der Waals surface area (Å²) >= 11 is 0. The molecule has 0 aliphatic carbocycles. The maximum Gasteiger partial charge on any atom is 0.122 e. The van der Waals surface area contributed by atoms with Crippen LogP contribution in [0.15, 0.2) is 0 Å². The van der Waals surface area contributed by atoms with E-state index >= 15 is 0 Å². The van der Waals surface area contributed by atoms with Gasteiger partial charge in [-0.05, 0) is 19.8 Å². The van der Waals surface area contributed by atoms with Crippen LogP contribution in [0.1, 0.15) is 33.6 Å². The van der Waals surface area contributed by atoms with E-state index in [1.807, 2.05) is 0 Å². The maximum absolute atomic E-state index is 9.46. The van der Waals surface area contributed by atoms with E-state index in [0.29, 0.717) is 12.8 Å². The molecular weight excluding hydrogens is 172 g/mol. The first-order valence-corrected chi connectivity index (χ1v) is 4.61. The molecule has 3 unspecified atom stereocenters. The highest BCUT2D eigenvalue weighted by molar-refractivity contribution is 4.59. The lowest BCUT2D eigenvalue weighted by Crippen LogP contribution is -2.54. The van der Waals surface area contributed by atoms with E-state index in [1.54, 1.807) is 13.8 Å². The van der Waals surface area contributed by atoms with Crippen LogP contribution in [0, 0.1) is 0 Å². The molecule has 0 aromatic carbocycles. The Bertz CT molecular complexity index is 123. The molecule has 0 aromatic rings. The molecular formula is C8H20N2O3. The molecule has 0 aliphatic rings. The van der Waals surface area contributed by atoms with E-state index in [4.69, 9.17) is 5.11 Å². The zero-order valence-electron chi connectivity index (χ0n) is 8.44. The Morgan fingerprint density at radius 1 is 1.08 bits per heavy atom. The average Bonchev–Trinajstić information content (AvgIpc) is 2.11. The largest absolute Gasteiger partial charge is 0.378 e. The molecule has 5 heteroatoms. The molecule has 0 aliphatic heterocycles. The molecule has 80 valence electrons. The fourth-order valence-electron chi connectivity index (χ4n) is 0.980. The first-order chi connectivity index (χ1) is 6.02. The summed E-state index contributed by atoms with van der Waals surface area (Å²) in [6.45, 7) is 5.12. The van der Waals surface area contributed by atoms with Crippen molar-refractivity contribution >= 4 is 0 Å². The average molecular weight is 192 g/mol. The lowest BCUT2D eigenvalue weighted by molar-refractivity contribution is -0.157. The van der Waals surface area contributed by atoms with Crippen molar-refractivity contribution < 1.29 is 15.3 Å². The molecule has 0 bridgehead atoms. The molecule has 0 saturated carbocycles. The predicted octanol–water partition coefficient (Wildman–Crippen LogP) is -0.412. The molecule has 3 atom stereocenters. The van der Waals surface area contributed by atoms with E-state index in [1.165, 1.54) is 11.9 Å². The molecule has 0 saturated heterocycles. The SMILES string of the molecule is CCC(O)N(NC(C)O)C(O)CC. The van der Waals surface area contributed by atoms with Crippen molar-refractivity contribution in [3.8, 4) is 0 Å². The molecule has 5 nitrogen and oxygen atoms in total. The Labute approximate surface area is 79.0 Å². The van der Waals surface area contributed by atoms with E-state index in [0.717, 1.165) is 0 Å². The third kappa shape index (κ3) is 4.54. The molecule has 0 aromatic heterocycles. The van der Waals surface area contributed by atoms with Crippen molar-refractivity contribution in [2.45, 2.75) is 52.3 Å². The topological polar surface area (TPSA) is 76.0 Å². The van der Waals surface area contributed by atoms with Crippen molar-refractivity contribution in [3.05, 3.63) is 0 Å². The standard InChI is InChI=1S/C8H20N2O3/c1-4-7(12)10(8(13)5-2)9-6(3)11/h6-9,11-13H,4-5H2,1-3H3. The van der Waals surface area contributed by atoms with Crippen LogP contribution in [0.5, 0.6) is 0 Å². The quantitative estimate of drug-likeness (QED) is 0.340. The number of hydrogen-bond donors (Lipinski definition) is 4. The van der Waals surface area contributed by atoms with Crippen LogP contribution in [0.25, 0.3) is 0 Å². The van der Waals surface area contributed by atoms with Gasteiger partial charge in [-0.15, -0.1) is 0 Å². The fraction of sp³-hybridized carbons (Fsp3) is 1.00. The van der Waals surface area contributed by atoms with Gasteiger partial charge in [-0.25, -0.2) is 5.43 Å². The smallest absolute Gasteiger partial charge is 0.122 e. The molecule has 13 heavy (non-hydrogen) atoms. The summed E-state index contributed by atoms with van der Waals surface area (Å²) in [6, 6.07) is 0. The third-order valence-corrected chi connectivity index (χ3v) is 1.71. The van der Waals surface area contributed by atoms with Gasteiger partial charge < -0.3 is 15.3 Å². The zero-order valence-corrected chi connectivity index (χ0v) is 8.44. The summed E-state index contributed by atoms with van der Waals surface area (Å²) in [6.07, 6.45) is -1.40. The Morgan fingerprint density at radius 3 is 1.69 bits per heavy atom. The minimum atomic E-state index is -0.789. The number of nitrogens with one attached hydrogen (secondary N) is 1. The third-order valence-electron chi connectivity index (χ3n) is 1.71. The highest BCUT2D eigenvalue weighted by Crippen LogP contribution is 2.05. The monoisotopic (exact) mass is 192 g/mol. The van der Waals surface area contributed by atoms with Gasteiger partial charge >= 0.3 is 0 Å². The predicted molar refractivity (Wildman–Crippen MR) is 49.3 cm³/mol. The van der Waals surface area contributed by atoms with E-state index < -0.39 is 18.7 Å². The van der Waals surface area contributed by atoms with Crippen LogP contribution in [-0.2, 0) is 0 Å². The number of hydrogen-bond acceptors (Lipinski definition) is 5. The van der Waals surface area contributed by atoms with E-state index in [-0.39, 0.29) is 0 Å². The first kappa shape index (κ1) is 12.8. The van der Waals surface area contributed by atoms with Crippen LogP contribution in [0.3, 0.4) is 0 Å². The fourth-order valence-corrected chi connectivity index (χ4v) is 0.980. The summed E-state index contributed by atoms with van der Waals surface area (Å²) in [7, 11) is 0. The van der Waals surface area contributed by atoms with Gasteiger partial charge in [0.05, 0.1) is 0 Å². The molecule has 0 rings (SSSR count). The van der Waals surface area contributed by atoms with E-state index in [2.05, 4.69) is 5.43 Å². The van der Waals surface area contributed by atoms with Crippen LogP contribution in [0.2, 0.25) is 0 Å². The van der Waals surface area contributed by atoms with E-state index in [9.17, 15) is 10.2 Å². The van der Waals surface area contributed by atoms with Gasteiger partial charge in [0.15, 0.2) is 0 Å². The van der Waals surface area contributed by atoms with Crippen LogP contribution in [-0.4, -0.2) is 39.0 Å². The second-order valence-corrected chi connectivity index (χ2v) is 2.99. The minimum Gasteiger partial charge on any atom is -0.378 e. The summed E-state index contributed by atoms with van der Waals surface area (Å²) < 4.78 is 0. The number of nitrogens with zero attached hydrogens (tertiary/aromatic N) is 1. The molecule has 0 amide bonds. The second kappa shape index (κ2) is 6.28. The molecule has 0 fully saturated rings. The Hall–Kier alpha value is -0.200. The van der Waals surface area contributed by atoms with Gasteiger partial charge in [-0.2, -0.15) is 5.01 Å². The summed E-state index contributed by atoms with van der Waals surface area (Å²) in [5, 5.41) is 29.2. The van der Waals surface area contributed by atoms with Gasteiger partial charge in [0.1, 0.15) is 18.7 Å². The van der Waals surface area contributed by atoms with Crippen molar-refractivity contribution in [2.24, 2.45) is 0 Å². The van der Waals surface area contributed by atoms with Gasteiger partial charge in [0, 0.05) is 0 Å². The minimum absolute atomic E-state index is 0.483. The van der Waals surface area contributed by atoms with Crippen molar-refractivity contribution in [1.29, 1.82) is 0 Å². The number of rotatable bonds is 6. The lowest BCUT2D eigenvalue weighted by atomic mass is 10.3. The lowest BCUT2D eigenvalue weighted by Gasteiger charge is -2.32. The summed E-state index contributed by atoms with van der Waals surface area (Å²) in [5.74, 6) is 0. The highest BCUT2D eigenvalue weighted by Gasteiger charge is 2.21. The highest BCUT2D eigenvalue weighted by atomic mass is 16.3. The van der Waals surface area contributed by atoms with Gasteiger partial charge in [0.25, 0.3) is 0 Å². The first-order valence-electron chi connectivity index (χ1n) is 4.61. The second-order valence-electron chi connectivity index (χ2n) is 2.99. The zero-order chi connectivity index (χ0) is 10.4. The summed E-state index contributed by atoms with van der Waals surface area (Å²) in [4.78, 5) is 0. The van der Waals surface area contributed by atoms with Gasteiger partial charge in [0.2, 0.25) is 0 Å². The molecule has 0 spiro atoms. The molecule has 0 heterocycles. The number of aliphatic hydroxyl groups excluding tert-OH is 3. The Balaban J connectivity index is 4.17. The Morgan fingerprint density at radius 2 is 1.46 bits per heavy atom. The van der Waals surface area contributed by atoms with Gasteiger partial charge in [-0.1, -0.05) is 13.8 Å². The molecule has 4 N–H and O–H groups in total. The normalized spacial score (nSPS) is 18.7. The Kier molecular flexibility index (Phi) is 6.19. The van der Waals surface area contributed by atoms with Crippen molar-refractivity contribution in [1.82, 2.24) is 10.4 Å². The summed E-state index contributed by atoms with van der Waals surface area (Å²) in [5.41, 5.74) is 2.57. The molecule has 0 radical (unpaired) electrons.